The van der Waals surface area contributed by atoms with Crippen molar-refractivity contribution in [2.75, 3.05) is 6.61 Å². The van der Waals surface area contributed by atoms with Crippen LogP contribution >= 0.6 is 0 Å². The van der Waals surface area contributed by atoms with Crippen LogP contribution in [0.4, 0.5) is 0 Å². The van der Waals surface area contributed by atoms with Gasteiger partial charge in [-0.1, -0.05) is 5.16 Å². The van der Waals surface area contributed by atoms with Crippen LogP contribution in [-0.4, -0.2) is 39.7 Å². The molecular weight excluding hydrogens is 236 g/mol. The summed E-state index contributed by atoms with van der Waals surface area (Å²) in [4.78, 5) is 14.8. The van der Waals surface area contributed by atoms with Crippen LogP contribution in [0.2, 0.25) is 0 Å². The Morgan fingerprint density at radius 3 is 2.89 bits per heavy atom. The minimum absolute atomic E-state index is 0.102. The highest BCUT2D eigenvalue weighted by molar-refractivity contribution is 6.01. The minimum Gasteiger partial charge on any atom is -0.478 e. The lowest BCUT2D eigenvalue weighted by atomic mass is 9.96. The number of carboxylic acids is 1. The quantitative estimate of drug-likeness (QED) is 0.469. The van der Waals surface area contributed by atoms with Gasteiger partial charge in [0.25, 0.3) is 0 Å². The first-order valence-corrected chi connectivity index (χ1v) is 5.73. The lowest BCUT2D eigenvalue weighted by molar-refractivity contribution is 0.0239. The topological polar surface area (TPSA) is 92.0 Å². The Labute approximate surface area is 104 Å². The summed E-state index contributed by atoms with van der Waals surface area (Å²) in [7, 11) is 0. The molecule has 0 aliphatic heterocycles. The number of oxime groups is 1. The number of ether oxygens (including phenoxy) is 1. The van der Waals surface area contributed by atoms with Crippen LogP contribution in [-0.2, 0) is 4.74 Å². The van der Waals surface area contributed by atoms with E-state index in [9.17, 15) is 4.79 Å². The van der Waals surface area contributed by atoms with E-state index >= 15 is 0 Å². The second-order valence-electron chi connectivity index (χ2n) is 4.15. The molecule has 1 aromatic heterocycles. The maximum Gasteiger partial charge on any atom is 0.335 e. The van der Waals surface area contributed by atoms with Gasteiger partial charge in [-0.25, -0.2) is 4.79 Å². The highest BCUT2D eigenvalue weighted by atomic mass is 16.5. The third-order valence-corrected chi connectivity index (χ3v) is 2.93. The normalized spacial score (nSPS) is 16.3. The molecule has 1 saturated carbocycles. The summed E-state index contributed by atoms with van der Waals surface area (Å²) >= 11 is 0. The predicted octanol–water partition coefficient (Wildman–Crippen LogP) is 1.53. The molecule has 18 heavy (non-hydrogen) atoms. The molecule has 0 saturated heterocycles. The van der Waals surface area contributed by atoms with Crippen LogP contribution in [0.5, 0.6) is 0 Å². The van der Waals surface area contributed by atoms with Gasteiger partial charge in [-0.2, -0.15) is 0 Å². The Bertz CT molecular complexity index is 469. The Morgan fingerprint density at radius 2 is 2.33 bits per heavy atom. The fraction of sp³-hybridized carbons (Fsp3) is 0.417. The van der Waals surface area contributed by atoms with Gasteiger partial charge in [0.1, 0.15) is 5.71 Å². The van der Waals surface area contributed by atoms with Gasteiger partial charge in [0.2, 0.25) is 0 Å². The van der Waals surface area contributed by atoms with Gasteiger partial charge in [0, 0.05) is 6.20 Å². The highest BCUT2D eigenvalue weighted by Crippen LogP contribution is 2.22. The van der Waals surface area contributed by atoms with Gasteiger partial charge in [0.05, 0.1) is 24.0 Å². The summed E-state index contributed by atoms with van der Waals surface area (Å²) in [6.45, 7) is 0.136. The zero-order valence-corrected chi connectivity index (χ0v) is 9.74. The molecule has 96 valence electrons. The zero-order chi connectivity index (χ0) is 13.0. The number of nitrogens with zero attached hydrogens (tertiary/aromatic N) is 2. The molecule has 6 heteroatoms. The Morgan fingerprint density at radius 1 is 1.56 bits per heavy atom. The maximum absolute atomic E-state index is 10.8. The van der Waals surface area contributed by atoms with E-state index in [0.29, 0.717) is 5.69 Å². The van der Waals surface area contributed by atoms with E-state index in [2.05, 4.69) is 10.1 Å². The lowest BCUT2D eigenvalue weighted by Crippen LogP contribution is -2.25. The van der Waals surface area contributed by atoms with Crippen LogP contribution in [0.25, 0.3) is 0 Å². The van der Waals surface area contributed by atoms with Gasteiger partial charge in [-0.3, -0.25) is 4.98 Å². The maximum atomic E-state index is 10.8. The molecular formula is C12H14N2O4. The molecule has 6 nitrogen and oxygen atoms in total. The number of carboxylic acid groups (broad SMARTS) is 1. The van der Waals surface area contributed by atoms with Crippen molar-refractivity contribution in [1.82, 2.24) is 4.98 Å². The number of hydrogen-bond donors (Lipinski definition) is 2. The van der Waals surface area contributed by atoms with Crippen LogP contribution in [0, 0.1) is 0 Å². The van der Waals surface area contributed by atoms with E-state index in [4.69, 9.17) is 15.1 Å². The number of carbonyl (C=O) groups is 1. The average Bonchev–Trinajstić information content (AvgIpc) is 2.32. The molecule has 0 spiro atoms. The summed E-state index contributed by atoms with van der Waals surface area (Å²) in [5.74, 6) is -1.05. The van der Waals surface area contributed by atoms with Crippen LogP contribution in [0.1, 0.15) is 35.3 Å². The van der Waals surface area contributed by atoms with Gasteiger partial charge >= 0.3 is 5.97 Å². The van der Waals surface area contributed by atoms with Crippen molar-refractivity contribution in [3.63, 3.8) is 0 Å². The Balaban J connectivity index is 2.06. The number of hydrogen-bond acceptors (Lipinski definition) is 5. The number of pyridine rings is 1. The van der Waals surface area contributed by atoms with Crippen molar-refractivity contribution in [3.8, 4) is 0 Å². The predicted molar refractivity (Wildman–Crippen MR) is 63.1 cm³/mol. The van der Waals surface area contributed by atoms with Crippen molar-refractivity contribution >= 4 is 11.7 Å². The van der Waals surface area contributed by atoms with E-state index in [1.165, 1.54) is 18.3 Å². The second kappa shape index (κ2) is 5.59. The van der Waals surface area contributed by atoms with Crippen molar-refractivity contribution in [2.45, 2.75) is 25.4 Å². The first kappa shape index (κ1) is 12.5. The minimum atomic E-state index is -1.05. The van der Waals surface area contributed by atoms with Gasteiger partial charge in [0.15, 0.2) is 0 Å². The monoisotopic (exact) mass is 250 g/mol. The van der Waals surface area contributed by atoms with Crippen LogP contribution in [0.3, 0.4) is 0 Å². The van der Waals surface area contributed by atoms with Crippen molar-refractivity contribution < 1.29 is 19.8 Å². The molecule has 0 aromatic carbocycles. The van der Waals surface area contributed by atoms with Gasteiger partial charge in [-0.05, 0) is 31.4 Å². The van der Waals surface area contributed by atoms with Gasteiger partial charge < -0.3 is 15.1 Å². The number of aromatic carboxylic acids is 1. The lowest BCUT2D eigenvalue weighted by Gasteiger charge is -2.25. The smallest absolute Gasteiger partial charge is 0.335 e. The summed E-state index contributed by atoms with van der Waals surface area (Å²) < 4.78 is 5.51. The third-order valence-electron chi connectivity index (χ3n) is 2.93. The molecule has 0 atom stereocenters. The van der Waals surface area contributed by atoms with E-state index < -0.39 is 5.97 Å². The molecule has 0 amide bonds. The molecule has 0 bridgehead atoms. The Kier molecular flexibility index (Phi) is 3.88. The second-order valence-corrected chi connectivity index (χ2v) is 4.15. The first-order valence-electron chi connectivity index (χ1n) is 5.73. The van der Waals surface area contributed by atoms with E-state index in [0.717, 1.165) is 19.3 Å². The van der Waals surface area contributed by atoms with Crippen molar-refractivity contribution in [2.24, 2.45) is 5.16 Å². The highest BCUT2D eigenvalue weighted by Gasteiger charge is 2.19. The fourth-order valence-electron chi connectivity index (χ4n) is 1.61. The SMILES string of the molecule is O=C(O)c1ccnc(/C(COC2CCC2)=N/O)c1. The summed E-state index contributed by atoms with van der Waals surface area (Å²) in [5, 5.41) is 20.9. The van der Waals surface area contributed by atoms with E-state index in [1.54, 1.807) is 0 Å². The number of rotatable bonds is 5. The largest absolute Gasteiger partial charge is 0.478 e. The van der Waals surface area contributed by atoms with Gasteiger partial charge in [-0.15, -0.1) is 0 Å². The summed E-state index contributed by atoms with van der Waals surface area (Å²) in [5.41, 5.74) is 0.659. The molecule has 1 aliphatic carbocycles. The van der Waals surface area contributed by atoms with Crippen LogP contribution < -0.4 is 0 Å². The van der Waals surface area contributed by atoms with Crippen molar-refractivity contribution in [1.29, 1.82) is 0 Å². The standard InChI is InChI=1S/C12H14N2O4/c15-12(16)8-4-5-13-10(6-8)11(14-17)7-18-9-2-1-3-9/h4-6,9,17H,1-3,7H2,(H,15,16)/b14-11+. The Hall–Kier alpha value is -1.95. The fourth-order valence-corrected chi connectivity index (χ4v) is 1.61. The molecule has 1 heterocycles. The molecule has 1 aliphatic rings. The zero-order valence-electron chi connectivity index (χ0n) is 9.74. The molecule has 1 fully saturated rings. The summed E-state index contributed by atoms with van der Waals surface area (Å²) in [6.07, 6.45) is 4.77. The molecule has 0 unspecified atom stereocenters. The number of aromatic nitrogens is 1. The van der Waals surface area contributed by atoms with Crippen molar-refractivity contribution in [3.05, 3.63) is 29.6 Å². The van der Waals surface area contributed by atoms with E-state index in [1.807, 2.05) is 0 Å². The van der Waals surface area contributed by atoms with E-state index in [-0.39, 0.29) is 24.0 Å². The summed E-state index contributed by atoms with van der Waals surface area (Å²) in [6, 6.07) is 2.75. The first-order chi connectivity index (χ1) is 8.70. The average molecular weight is 250 g/mol. The molecule has 2 N–H and O–H groups in total. The third kappa shape index (κ3) is 2.84. The van der Waals surface area contributed by atoms with Crippen LogP contribution in [0.15, 0.2) is 23.5 Å². The molecule has 0 radical (unpaired) electrons. The molecule has 1 aromatic rings. The molecule has 2 rings (SSSR count).